The first kappa shape index (κ1) is 13.1. The molecule has 1 aromatic heterocycles. The number of nitrogens with zero attached hydrogens (tertiary/aromatic N) is 2. The van der Waals surface area contributed by atoms with Gasteiger partial charge >= 0.3 is 0 Å². The maximum atomic E-state index is 4.57. The van der Waals surface area contributed by atoms with Crippen LogP contribution in [0.25, 0.3) is 11.3 Å². The standard InChI is InChI=1S/C17H21N3/c1-2-11-18-17-19-12-10-16(20-17)15-8-6-14(7-9-15)13-4-3-5-13/h6-10,12-13H,2-5,11H2,1H3,(H,18,19,20). The number of hydrogen-bond acceptors (Lipinski definition) is 3. The molecule has 1 aliphatic rings. The topological polar surface area (TPSA) is 37.8 Å². The van der Waals surface area contributed by atoms with E-state index >= 15 is 0 Å². The van der Waals surface area contributed by atoms with Gasteiger partial charge in [0.25, 0.3) is 0 Å². The molecule has 1 aromatic carbocycles. The first-order valence-electron chi connectivity index (χ1n) is 7.54. The molecular formula is C17H21N3. The average Bonchev–Trinajstić information content (AvgIpc) is 2.44. The zero-order chi connectivity index (χ0) is 13.8. The zero-order valence-corrected chi connectivity index (χ0v) is 12.0. The molecule has 1 fully saturated rings. The van der Waals surface area contributed by atoms with E-state index in [4.69, 9.17) is 0 Å². The van der Waals surface area contributed by atoms with Crippen LogP contribution in [0.5, 0.6) is 0 Å². The highest BCUT2D eigenvalue weighted by molar-refractivity contribution is 5.60. The van der Waals surface area contributed by atoms with Gasteiger partial charge in [-0.1, -0.05) is 37.6 Å². The van der Waals surface area contributed by atoms with E-state index in [0.717, 1.165) is 30.1 Å². The van der Waals surface area contributed by atoms with Crippen molar-refractivity contribution in [3.8, 4) is 11.3 Å². The molecule has 3 rings (SSSR count). The second kappa shape index (κ2) is 6.04. The van der Waals surface area contributed by atoms with Gasteiger partial charge in [0.05, 0.1) is 5.69 Å². The summed E-state index contributed by atoms with van der Waals surface area (Å²) in [6, 6.07) is 10.8. The maximum absolute atomic E-state index is 4.57. The fraction of sp³-hybridized carbons (Fsp3) is 0.412. The van der Waals surface area contributed by atoms with Crippen molar-refractivity contribution in [2.24, 2.45) is 0 Å². The van der Waals surface area contributed by atoms with Crippen molar-refractivity contribution >= 4 is 5.95 Å². The van der Waals surface area contributed by atoms with Crippen molar-refractivity contribution in [2.45, 2.75) is 38.5 Å². The molecule has 0 aliphatic heterocycles. The Morgan fingerprint density at radius 3 is 2.60 bits per heavy atom. The van der Waals surface area contributed by atoms with E-state index in [9.17, 15) is 0 Å². The third kappa shape index (κ3) is 2.82. The van der Waals surface area contributed by atoms with Crippen LogP contribution in [-0.2, 0) is 0 Å². The van der Waals surface area contributed by atoms with E-state index in [1.54, 1.807) is 0 Å². The van der Waals surface area contributed by atoms with Gasteiger partial charge in [-0.3, -0.25) is 0 Å². The van der Waals surface area contributed by atoms with Crippen molar-refractivity contribution in [1.29, 1.82) is 0 Å². The SMILES string of the molecule is CCCNc1nccc(-c2ccc(C3CCC3)cc2)n1. The van der Waals surface area contributed by atoms with E-state index in [1.807, 2.05) is 12.3 Å². The number of hydrogen-bond donors (Lipinski definition) is 1. The van der Waals surface area contributed by atoms with Crippen LogP contribution in [0.3, 0.4) is 0 Å². The monoisotopic (exact) mass is 267 g/mol. The van der Waals surface area contributed by atoms with Crippen molar-refractivity contribution < 1.29 is 0 Å². The quantitative estimate of drug-likeness (QED) is 0.880. The number of anilines is 1. The van der Waals surface area contributed by atoms with Crippen LogP contribution in [0.4, 0.5) is 5.95 Å². The first-order chi connectivity index (χ1) is 9.86. The van der Waals surface area contributed by atoms with Gasteiger partial charge in [-0.05, 0) is 36.8 Å². The van der Waals surface area contributed by atoms with Gasteiger partial charge in [-0.15, -0.1) is 0 Å². The minimum absolute atomic E-state index is 0.715. The summed E-state index contributed by atoms with van der Waals surface area (Å²) in [6.45, 7) is 3.04. The number of rotatable bonds is 5. The Labute approximate surface area is 120 Å². The zero-order valence-electron chi connectivity index (χ0n) is 12.0. The molecule has 0 unspecified atom stereocenters. The third-order valence-electron chi connectivity index (χ3n) is 3.97. The minimum atomic E-state index is 0.715. The maximum Gasteiger partial charge on any atom is 0.223 e. The Balaban J connectivity index is 1.77. The Morgan fingerprint density at radius 1 is 1.15 bits per heavy atom. The summed E-state index contributed by atoms with van der Waals surface area (Å²) < 4.78 is 0. The second-order valence-corrected chi connectivity index (χ2v) is 5.44. The van der Waals surface area contributed by atoms with E-state index < -0.39 is 0 Å². The molecular weight excluding hydrogens is 246 g/mol. The van der Waals surface area contributed by atoms with Gasteiger partial charge in [0.15, 0.2) is 0 Å². The fourth-order valence-electron chi connectivity index (χ4n) is 2.51. The first-order valence-corrected chi connectivity index (χ1v) is 7.54. The van der Waals surface area contributed by atoms with Gasteiger partial charge in [0, 0.05) is 18.3 Å². The lowest BCUT2D eigenvalue weighted by molar-refractivity contribution is 0.420. The molecule has 0 bridgehead atoms. The summed E-state index contributed by atoms with van der Waals surface area (Å²) in [5.41, 5.74) is 3.62. The Kier molecular flexibility index (Phi) is 3.95. The smallest absolute Gasteiger partial charge is 0.223 e. The molecule has 0 saturated heterocycles. The van der Waals surface area contributed by atoms with Gasteiger partial charge in [-0.2, -0.15) is 0 Å². The van der Waals surface area contributed by atoms with E-state index in [-0.39, 0.29) is 0 Å². The molecule has 1 heterocycles. The van der Waals surface area contributed by atoms with Gasteiger partial charge in [-0.25, -0.2) is 9.97 Å². The molecule has 1 aliphatic carbocycles. The highest BCUT2D eigenvalue weighted by Crippen LogP contribution is 2.36. The Bertz CT molecular complexity index is 559. The van der Waals surface area contributed by atoms with Gasteiger partial charge in [0.2, 0.25) is 5.95 Å². The fourth-order valence-corrected chi connectivity index (χ4v) is 2.51. The summed E-state index contributed by atoms with van der Waals surface area (Å²) in [5.74, 6) is 1.50. The van der Waals surface area contributed by atoms with Gasteiger partial charge < -0.3 is 5.32 Å². The molecule has 1 N–H and O–H groups in total. The number of aromatic nitrogens is 2. The average molecular weight is 267 g/mol. The molecule has 104 valence electrons. The summed E-state index contributed by atoms with van der Waals surface area (Å²) in [4.78, 5) is 8.82. The van der Waals surface area contributed by atoms with Crippen LogP contribution in [0.1, 0.15) is 44.1 Å². The van der Waals surface area contributed by atoms with E-state index in [2.05, 4.69) is 46.5 Å². The molecule has 3 heteroatoms. The van der Waals surface area contributed by atoms with Crippen LogP contribution in [-0.4, -0.2) is 16.5 Å². The van der Waals surface area contributed by atoms with Crippen molar-refractivity contribution in [3.05, 3.63) is 42.1 Å². The lowest BCUT2D eigenvalue weighted by Gasteiger charge is -2.25. The largest absolute Gasteiger partial charge is 0.354 e. The summed E-state index contributed by atoms with van der Waals surface area (Å²) in [6.07, 6.45) is 6.96. The number of benzene rings is 1. The van der Waals surface area contributed by atoms with Crippen LogP contribution in [0, 0.1) is 0 Å². The molecule has 0 spiro atoms. The highest BCUT2D eigenvalue weighted by Gasteiger charge is 2.19. The van der Waals surface area contributed by atoms with Crippen molar-refractivity contribution in [2.75, 3.05) is 11.9 Å². The minimum Gasteiger partial charge on any atom is -0.354 e. The molecule has 0 radical (unpaired) electrons. The van der Waals surface area contributed by atoms with Crippen LogP contribution < -0.4 is 5.32 Å². The predicted octanol–water partition coefficient (Wildman–Crippen LogP) is 4.23. The lowest BCUT2D eigenvalue weighted by Crippen LogP contribution is -2.08. The second-order valence-electron chi connectivity index (χ2n) is 5.44. The Morgan fingerprint density at radius 2 is 1.95 bits per heavy atom. The van der Waals surface area contributed by atoms with Crippen LogP contribution in [0.2, 0.25) is 0 Å². The molecule has 1 saturated carbocycles. The molecule has 3 nitrogen and oxygen atoms in total. The predicted molar refractivity (Wildman–Crippen MR) is 82.8 cm³/mol. The molecule has 0 atom stereocenters. The van der Waals surface area contributed by atoms with Crippen molar-refractivity contribution in [3.63, 3.8) is 0 Å². The number of nitrogens with one attached hydrogen (secondary N) is 1. The van der Waals surface area contributed by atoms with Crippen LogP contribution >= 0.6 is 0 Å². The Hall–Kier alpha value is -1.90. The third-order valence-corrected chi connectivity index (χ3v) is 3.97. The highest BCUT2D eigenvalue weighted by atomic mass is 15.1. The summed E-state index contributed by atoms with van der Waals surface area (Å²) >= 11 is 0. The molecule has 2 aromatic rings. The van der Waals surface area contributed by atoms with Gasteiger partial charge in [0.1, 0.15) is 0 Å². The molecule has 20 heavy (non-hydrogen) atoms. The molecule has 0 amide bonds. The lowest BCUT2D eigenvalue weighted by atomic mass is 9.80. The summed E-state index contributed by atoms with van der Waals surface area (Å²) in [5, 5.41) is 3.23. The van der Waals surface area contributed by atoms with E-state index in [1.165, 1.54) is 24.8 Å². The normalized spacial score (nSPS) is 14.8. The van der Waals surface area contributed by atoms with Crippen LogP contribution in [0.15, 0.2) is 36.5 Å². The van der Waals surface area contributed by atoms with E-state index in [0.29, 0.717) is 5.95 Å². The summed E-state index contributed by atoms with van der Waals surface area (Å²) in [7, 11) is 0. The van der Waals surface area contributed by atoms with Crippen molar-refractivity contribution in [1.82, 2.24) is 9.97 Å².